The van der Waals surface area contributed by atoms with Gasteiger partial charge in [-0.25, -0.2) is 8.42 Å². The van der Waals surface area contributed by atoms with Crippen molar-refractivity contribution in [2.24, 2.45) is 0 Å². The molecule has 0 fully saturated rings. The van der Waals surface area contributed by atoms with Crippen molar-refractivity contribution in [2.75, 3.05) is 11.0 Å². The molecule has 0 heterocycles. The third-order valence-electron chi connectivity index (χ3n) is 2.57. The minimum Gasteiger partial charge on any atom is -0.350 e. The van der Waals surface area contributed by atoms with Crippen molar-refractivity contribution in [3.05, 3.63) is 29.8 Å². The molecule has 0 saturated heterocycles. The second kappa shape index (κ2) is 6.56. The van der Waals surface area contributed by atoms with E-state index in [-0.39, 0.29) is 11.9 Å². The van der Waals surface area contributed by atoms with Crippen LogP contribution in [0.15, 0.2) is 24.3 Å². The van der Waals surface area contributed by atoms with Crippen molar-refractivity contribution in [3.8, 4) is 0 Å². The summed E-state index contributed by atoms with van der Waals surface area (Å²) in [7, 11) is -3.40. The lowest BCUT2D eigenvalue weighted by atomic mass is 10.1. The molecule has 0 aromatic heterocycles. The standard InChI is InChI=1S/C13H20N2O3S/c1-4-7-10(2)14-13(16)11-8-5-6-9-12(11)15-19(3,17)18/h5-6,8-10,15H,4,7H2,1-3H3,(H,14,16). The van der Waals surface area contributed by atoms with Crippen LogP contribution in [0.25, 0.3) is 0 Å². The summed E-state index contributed by atoms with van der Waals surface area (Å²) >= 11 is 0. The van der Waals surface area contributed by atoms with E-state index < -0.39 is 10.0 Å². The molecule has 0 radical (unpaired) electrons. The van der Waals surface area contributed by atoms with Crippen LogP contribution in [0.1, 0.15) is 37.0 Å². The second-order valence-electron chi connectivity index (χ2n) is 4.58. The Hall–Kier alpha value is -1.56. The fraction of sp³-hybridized carbons (Fsp3) is 0.462. The Morgan fingerprint density at radius 1 is 1.32 bits per heavy atom. The van der Waals surface area contributed by atoms with Gasteiger partial charge in [0.15, 0.2) is 0 Å². The highest BCUT2D eigenvalue weighted by atomic mass is 32.2. The molecule has 0 aliphatic rings. The van der Waals surface area contributed by atoms with Gasteiger partial charge in [-0.2, -0.15) is 0 Å². The first-order chi connectivity index (χ1) is 8.83. The Bertz CT molecular complexity index is 541. The van der Waals surface area contributed by atoms with Gasteiger partial charge in [-0.15, -0.1) is 0 Å². The minimum atomic E-state index is -3.40. The summed E-state index contributed by atoms with van der Waals surface area (Å²) in [5, 5.41) is 2.85. The van der Waals surface area contributed by atoms with Crippen LogP contribution in [0.5, 0.6) is 0 Å². The van der Waals surface area contributed by atoms with Gasteiger partial charge in [-0.05, 0) is 25.5 Å². The SMILES string of the molecule is CCCC(C)NC(=O)c1ccccc1NS(C)(=O)=O. The Morgan fingerprint density at radius 3 is 2.53 bits per heavy atom. The highest BCUT2D eigenvalue weighted by Crippen LogP contribution is 2.16. The van der Waals surface area contributed by atoms with Gasteiger partial charge in [-0.1, -0.05) is 25.5 Å². The maximum Gasteiger partial charge on any atom is 0.253 e. The molecule has 1 aromatic rings. The van der Waals surface area contributed by atoms with Crippen LogP contribution in [0.2, 0.25) is 0 Å². The van der Waals surface area contributed by atoms with Crippen LogP contribution < -0.4 is 10.0 Å². The Kier molecular flexibility index (Phi) is 5.35. The van der Waals surface area contributed by atoms with Gasteiger partial charge in [0, 0.05) is 6.04 Å². The van der Waals surface area contributed by atoms with E-state index in [0.29, 0.717) is 11.3 Å². The molecule has 0 saturated carbocycles. The fourth-order valence-corrected chi connectivity index (χ4v) is 2.35. The van der Waals surface area contributed by atoms with E-state index in [1.165, 1.54) is 0 Å². The van der Waals surface area contributed by atoms with Gasteiger partial charge in [-0.3, -0.25) is 9.52 Å². The molecule has 1 rings (SSSR count). The van der Waals surface area contributed by atoms with E-state index in [1.807, 2.05) is 13.8 Å². The zero-order chi connectivity index (χ0) is 14.5. The molecule has 0 aliphatic heterocycles. The lowest BCUT2D eigenvalue weighted by Gasteiger charge is -2.15. The van der Waals surface area contributed by atoms with Crippen molar-refractivity contribution >= 4 is 21.6 Å². The van der Waals surface area contributed by atoms with Crippen molar-refractivity contribution in [2.45, 2.75) is 32.7 Å². The van der Waals surface area contributed by atoms with Crippen molar-refractivity contribution in [3.63, 3.8) is 0 Å². The van der Waals surface area contributed by atoms with Crippen LogP contribution >= 0.6 is 0 Å². The molecule has 19 heavy (non-hydrogen) atoms. The summed E-state index contributed by atoms with van der Waals surface area (Å²) < 4.78 is 24.9. The summed E-state index contributed by atoms with van der Waals surface area (Å²) in [5.74, 6) is -0.271. The molecule has 1 aromatic carbocycles. The third kappa shape index (κ3) is 5.30. The van der Waals surface area contributed by atoms with Crippen LogP contribution in [-0.4, -0.2) is 26.6 Å². The van der Waals surface area contributed by atoms with E-state index in [0.717, 1.165) is 19.1 Å². The minimum absolute atomic E-state index is 0.0591. The van der Waals surface area contributed by atoms with Crippen molar-refractivity contribution < 1.29 is 13.2 Å². The highest BCUT2D eigenvalue weighted by Gasteiger charge is 2.15. The monoisotopic (exact) mass is 284 g/mol. The number of rotatable bonds is 6. The molecule has 5 nitrogen and oxygen atoms in total. The lowest BCUT2D eigenvalue weighted by molar-refractivity contribution is 0.0939. The summed E-state index contributed by atoms with van der Waals surface area (Å²) in [4.78, 5) is 12.1. The maximum absolute atomic E-state index is 12.1. The Balaban J connectivity index is 2.91. The fourth-order valence-electron chi connectivity index (χ4n) is 1.78. The van der Waals surface area contributed by atoms with E-state index >= 15 is 0 Å². The lowest BCUT2D eigenvalue weighted by Crippen LogP contribution is -2.33. The van der Waals surface area contributed by atoms with Crippen LogP contribution in [0.4, 0.5) is 5.69 Å². The first-order valence-corrected chi connectivity index (χ1v) is 8.10. The summed E-state index contributed by atoms with van der Waals surface area (Å²) in [6, 6.07) is 6.61. The van der Waals surface area contributed by atoms with Gasteiger partial charge in [0.05, 0.1) is 17.5 Å². The number of nitrogens with one attached hydrogen (secondary N) is 2. The number of anilines is 1. The predicted molar refractivity (Wildman–Crippen MR) is 76.7 cm³/mol. The third-order valence-corrected chi connectivity index (χ3v) is 3.16. The average molecular weight is 284 g/mol. The van der Waals surface area contributed by atoms with Crippen molar-refractivity contribution in [1.29, 1.82) is 0 Å². The number of benzene rings is 1. The number of carbonyl (C=O) groups is 1. The molecule has 2 N–H and O–H groups in total. The first-order valence-electron chi connectivity index (χ1n) is 6.21. The number of hydrogen-bond acceptors (Lipinski definition) is 3. The Labute approximate surface area is 114 Å². The number of amides is 1. The molecule has 106 valence electrons. The highest BCUT2D eigenvalue weighted by molar-refractivity contribution is 7.92. The van der Waals surface area contributed by atoms with E-state index in [1.54, 1.807) is 24.3 Å². The number of para-hydroxylation sites is 1. The number of carbonyl (C=O) groups excluding carboxylic acids is 1. The van der Waals surface area contributed by atoms with Crippen LogP contribution in [0.3, 0.4) is 0 Å². The normalized spacial score (nSPS) is 12.8. The largest absolute Gasteiger partial charge is 0.350 e. The molecule has 1 amide bonds. The van der Waals surface area contributed by atoms with Gasteiger partial charge in [0.25, 0.3) is 5.91 Å². The van der Waals surface area contributed by atoms with Gasteiger partial charge >= 0.3 is 0 Å². The smallest absolute Gasteiger partial charge is 0.253 e. The molecule has 1 atom stereocenters. The quantitative estimate of drug-likeness (QED) is 0.838. The molecular formula is C13H20N2O3S. The van der Waals surface area contributed by atoms with Gasteiger partial charge in [0.2, 0.25) is 10.0 Å². The number of hydrogen-bond donors (Lipinski definition) is 2. The predicted octanol–water partition coefficient (Wildman–Crippen LogP) is 1.98. The topological polar surface area (TPSA) is 75.3 Å². The first kappa shape index (κ1) is 15.5. The Morgan fingerprint density at radius 2 is 1.95 bits per heavy atom. The molecule has 0 bridgehead atoms. The van der Waals surface area contributed by atoms with E-state index in [2.05, 4.69) is 10.0 Å². The molecule has 0 spiro atoms. The summed E-state index contributed by atoms with van der Waals surface area (Å²) in [6.07, 6.45) is 2.92. The zero-order valence-corrected chi connectivity index (χ0v) is 12.3. The molecule has 6 heteroatoms. The average Bonchev–Trinajstić information content (AvgIpc) is 2.27. The maximum atomic E-state index is 12.1. The van der Waals surface area contributed by atoms with Gasteiger partial charge < -0.3 is 5.32 Å². The molecule has 1 unspecified atom stereocenters. The van der Waals surface area contributed by atoms with E-state index in [9.17, 15) is 13.2 Å². The molecular weight excluding hydrogens is 264 g/mol. The number of sulfonamides is 1. The summed E-state index contributed by atoms with van der Waals surface area (Å²) in [5.41, 5.74) is 0.627. The van der Waals surface area contributed by atoms with Gasteiger partial charge in [0.1, 0.15) is 0 Å². The van der Waals surface area contributed by atoms with Crippen LogP contribution in [0, 0.1) is 0 Å². The van der Waals surface area contributed by atoms with Crippen molar-refractivity contribution in [1.82, 2.24) is 5.32 Å². The molecule has 0 aliphatic carbocycles. The second-order valence-corrected chi connectivity index (χ2v) is 6.33. The summed E-state index contributed by atoms with van der Waals surface area (Å²) in [6.45, 7) is 3.97. The zero-order valence-electron chi connectivity index (χ0n) is 11.4. The van der Waals surface area contributed by atoms with E-state index in [4.69, 9.17) is 0 Å². The van der Waals surface area contributed by atoms with Crippen LogP contribution in [-0.2, 0) is 10.0 Å².